The number of carboxylic acid groups (broad SMARTS) is 1. The molecule has 12 heavy (non-hydrogen) atoms. The molecule has 0 aromatic heterocycles. The predicted molar refractivity (Wildman–Crippen MR) is 44.7 cm³/mol. The highest BCUT2D eigenvalue weighted by molar-refractivity contribution is 5.90. The molecule has 0 amide bonds. The molecule has 0 fully saturated rings. The Morgan fingerprint density at radius 2 is 2.17 bits per heavy atom. The van der Waals surface area contributed by atoms with Gasteiger partial charge in [0, 0.05) is 0 Å². The summed E-state index contributed by atoms with van der Waals surface area (Å²) < 4.78 is 4.91. The van der Waals surface area contributed by atoms with Crippen molar-refractivity contribution in [2.45, 2.75) is 6.92 Å². The summed E-state index contributed by atoms with van der Waals surface area (Å²) in [7, 11) is 1.46. The number of aryl methyl sites for hydroxylation is 1. The normalized spacial score (nSPS) is 9.50. The molecule has 0 aliphatic heterocycles. The molecular weight excluding hydrogens is 156 g/mol. The minimum atomic E-state index is -0.966. The van der Waals surface area contributed by atoms with E-state index >= 15 is 0 Å². The Kier molecular flexibility index (Phi) is 2.33. The lowest BCUT2D eigenvalue weighted by Gasteiger charge is -2.04. The van der Waals surface area contributed by atoms with E-state index in [-0.39, 0.29) is 5.56 Å². The lowest BCUT2D eigenvalue weighted by Crippen LogP contribution is -2.00. The Balaban J connectivity index is 3.20. The van der Waals surface area contributed by atoms with Crippen LogP contribution in [-0.2, 0) is 0 Å². The third-order valence-corrected chi connectivity index (χ3v) is 1.59. The van der Waals surface area contributed by atoms with E-state index in [2.05, 4.69) is 0 Å². The molecule has 64 valence electrons. The average Bonchev–Trinajstić information content (AvgIpc) is 2.03. The quantitative estimate of drug-likeness (QED) is 0.727. The Bertz CT molecular complexity index is 305. The van der Waals surface area contributed by atoms with Crippen molar-refractivity contribution < 1.29 is 14.6 Å². The Morgan fingerprint density at radius 1 is 1.50 bits per heavy atom. The van der Waals surface area contributed by atoms with E-state index in [0.717, 1.165) is 5.56 Å². The van der Waals surface area contributed by atoms with Crippen molar-refractivity contribution in [3.63, 3.8) is 0 Å². The van der Waals surface area contributed by atoms with Crippen molar-refractivity contribution in [2.75, 3.05) is 7.11 Å². The van der Waals surface area contributed by atoms with Crippen LogP contribution in [0.3, 0.4) is 0 Å². The average molecular weight is 166 g/mol. The summed E-state index contributed by atoms with van der Waals surface area (Å²) in [6.07, 6.45) is 0. The predicted octanol–water partition coefficient (Wildman–Crippen LogP) is 1.70. The molecule has 1 aromatic rings. The number of benzene rings is 1. The van der Waals surface area contributed by atoms with Gasteiger partial charge in [0.1, 0.15) is 11.3 Å². The van der Waals surface area contributed by atoms with Crippen LogP contribution in [0.15, 0.2) is 18.2 Å². The Hall–Kier alpha value is -1.51. The molecule has 0 aliphatic carbocycles. The van der Waals surface area contributed by atoms with E-state index in [4.69, 9.17) is 9.84 Å². The molecule has 3 nitrogen and oxygen atoms in total. The van der Waals surface area contributed by atoms with Gasteiger partial charge in [-0.2, -0.15) is 0 Å². The van der Waals surface area contributed by atoms with Crippen LogP contribution in [0, 0.1) is 6.92 Å². The van der Waals surface area contributed by atoms with Gasteiger partial charge in [-0.25, -0.2) is 4.79 Å². The number of hydrogen-bond donors (Lipinski definition) is 1. The van der Waals surface area contributed by atoms with Crippen LogP contribution in [0.4, 0.5) is 0 Å². The first-order valence-corrected chi connectivity index (χ1v) is 3.53. The molecule has 0 radical (unpaired) electrons. The summed E-state index contributed by atoms with van der Waals surface area (Å²) in [5, 5.41) is 8.71. The van der Waals surface area contributed by atoms with Crippen LogP contribution in [0.25, 0.3) is 0 Å². The number of ether oxygens (including phenoxy) is 1. The van der Waals surface area contributed by atoms with Crippen LogP contribution < -0.4 is 4.74 Å². The molecule has 0 saturated carbocycles. The SMILES string of the molecule is COc1cc(C)ccc1C(=O)O. The number of aromatic carboxylic acids is 1. The van der Waals surface area contributed by atoms with Crippen LogP contribution in [0.2, 0.25) is 0 Å². The first-order valence-electron chi connectivity index (χ1n) is 3.53. The third kappa shape index (κ3) is 1.56. The molecule has 0 aliphatic rings. The molecule has 3 heteroatoms. The van der Waals surface area contributed by atoms with Gasteiger partial charge in [0.25, 0.3) is 0 Å². The standard InChI is InChI=1S/C9H10O3/c1-6-3-4-7(9(10)11)8(5-6)12-2/h3-5H,1-2H3,(H,10,11). The zero-order valence-electron chi connectivity index (χ0n) is 7.00. The van der Waals surface area contributed by atoms with Crippen LogP contribution in [0.5, 0.6) is 5.75 Å². The maximum Gasteiger partial charge on any atom is 0.339 e. The smallest absolute Gasteiger partial charge is 0.339 e. The summed E-state index contributed by atoms with van der Waals surface area (Å²) in [4.78, 5) is 10.6. The highest BCUT2D eigenvalue weighted by atomic mass is 16.5. The van der Waals surface area contributed by atoms with Gasteiger partial charge in [-0.1, -0.05) is 6.07 Å². The summed E-state index contributed by atoms with van der Waals surface area (Å²) in [5.41, 5.74) is 1.18. The monoisotopic (exact) mass is 166 g/mol. The van der Waals surface area contributed by atoms with Gasteiger partial charge >= 0.3 is 5.97 Å². The second-order valence-electron chi connectivity index (χ2n) is 2.51. The fourth-order valence-electron chi connectivity index (χ4n) is 0.975. The number of hydrogen-bond acceptors (Lipinski definition) is 2. The summed E-state index contributed by atoms with van der Waals surface area (Å²) in [6.45, 7) is 1.88. The van der Waals surface area contributed by atoms with E-state index in [9.17, 15) is 4.79 Å². The van der Waals surface area contributed by atoms with E-state index in [1.54, 1.807) is 12.1 Å². The maximum absolute atomic E-state index is 10.6. The molecule has 0 unspecified atom stereocenters. The minimum absolute atomic E-state index is 0.197. The number of methoxy groups -OCH3 is 1. The fourth-order valence-corrected chi connectivity index (χ4v) is 0.975. The van der Waals surface area contributed by atoms with E-state index in [0.29, 0.717) is 5.75 Å². The van der Waals surface area contributed by atoms with Gasteiger partial charge < -0.3 is 9.84 Å². The number of carbonyl (C=O) groups is 1. The molecule has 0 saturated heterocycles. The molecule has 0 heterocycles. The van der Waals surface area contributed by atoms with Gasteiger partial charge in [0.05, 0.1) is 7.11 Å². The highest BCUT2D eigenvalue weighted by Crippen LogP contribution is 2.19. The molecule has 1 N–H and O–H groups in total. The lowest BCUT2D eigenvalue weighted by molar-refractivity contribution is 0.0693. The highest BCUT2D eigenvalue weighted by Gasteiger charge is 2.09. The molecule has 1 aromatic carbocycles. The zero-order valence-corrected chi connectivity index (χ0v) is 7.00. The van der Waals surface area contributed by atoms with Gasteiger partial charge in [0.2, 0.25) is 0 Å². The summed E-state index contributed by atoms with van der Waals surface area (Å²) in [5.74, 6) is -0.561. The van der Waals surface area contributed by atoms with Crippen molar-refractivity contribution >= 4 is 5.97 Å². The number of rotatable bonds is 2. The van der Waals surface area contributed by atoms with E-state index in [1.165, 1.54) is 13.2 Å². The summed E-state index contributed by atoms with van der Waals surface area (Å²) >= 11 is 0. The van der Waals surface area contributed by atoms with Gasteiger partial charge in [-0.15, -0.1) is 0 Å². The van der Waals surface area contributed by atoms with E-state index < -0.39 is 5.97 Å². The topological polar surface area (TPSA) is 46.5 Å². The van der Waals surface area contributed by atoms with Crippen LogP contribution >= 0.6 is 0 Å². The van der Waals surface area contributed by atoms with Crippen molar-refractivity contribution in [1.29, 1.82) is 0 Å². The minimum Gasteiger partial charge on any atom is -0.496 e. The second-order valence-corrected chi connectivity index (χ2v) is 2.51. The van der Waals surface area contributed by atoms with Crippen molar-refractivity contribution in [1.82, 2.24) is 0 Å². The second kappa shape index (κ2) is 3.26. The molecule has 1 rings (SSSR count). The maximum atomic E-state index is 10.6. The zero-order chi connectivity index (χ0) is 9.14. The van der Waals surface area contributed by atoms with Crippen molar-refractivity contribution in [2.24, 2.45) is 0 Å². The molecule has 0 atom stereocenters. The first kappa shape index (κ1) is 8.59. The first-order chi connectivity index (χ1) is 5.65. The largest absolute Gasteiger partial charge is 0.496 e. The van der Waals surface area contributed by atoms with Crippen LogP contribution in [0.1, 0.15) is 15.9 Å². The van der Waals surface area contributed by atoms with Crippen molar-refractivity contribution in [3.05, 3.63) is 29.3 Å². The van der Waals surface area contributed by atoms with Crippen LogP contribution in [-0.4, -0.2) is 18.2 Å². The Morgan fingerprint density at radius 3 is 2.67 bits per heavy atom. The van der Waals surface area contributed by atoms with Gasteiger partial charge in [0.15, 0.2) is 0 Å². The molecular formula is C9H10O3. The van der Waals surface area contributed by atoms with Gasteiger partial charge in [-0.3, -0.25) is 0 Å². The lowest BCUT2D eigenvalue weighted by atomic mass is 10.1. The summed E-state index contributed by atoms with van der Waals surface area (Å²) in [6, 6.07) is 4.98. The van der Waals surface area contributed by atoms with Gasteiger partial charge in [-0.05, 0) is 24.6 Å². The fraction of sp³-hybridized carbons (Fsp3) is 0.222. The molecule has 0 spiro atoms. The Labute approximate surface area is 70.6 Å². The van der Waals surface area contributed by atoms with Crippen molar-refractivity contribution in [3.8, 4) is 5.75 Å². The third-order valence-electron chi connectivity index (χ3n) is 1.59. The number of carboxylic acids is 1. The van der Waals surface area contributed by atoms with E-state index in [1.807, 2.05) is 6.92 Å². The molecule has 0 bridgehead atoms.